The Morgan fingerprint density at radius 2 is 2.29 bits per heavy atom. The third-order valence-electron chi connectivity index (χ3n) is 2.49. The average Bonchev–Trinajstić information content (AvgIpc) is 2.83. The zero-order valence-electron chi connectivity index (χ0n) is 12.6. The molecule has 0 amide bonds. The predicted molar refractivity (Wildman–Crippen MR) is 83.6 cm³/mol. The standard InChI is InChI=1S/C13H22N4O3S/c1-14-12(10-17(18)19)15-7-4-8-21-13-6-5-11(20-13)9-16(2)3/h5-6,10,14-15H,4,7-9H2,1-3H3. The summed E-state index contributed by atoms with van der Waals surface area (Å²) in [5.74, 6) is 2.25. The fourth-order valence-corrected chi connectivity index (χ4v) is 2.42. The fraction of sp³-hybridized carbons (Fsp3) is 0.538. The Morgan fingerprint density at radius 1 is 1.52 bits per heavy atom. The van der Waals surface area contributed by atoms with Crippen LogP contribution in [-0.4, -0.2) is 43.3 Å². The van der Waals surface area contributed by atoms with Crippen molar-refractivity contribution >= 4 is 11.8 Å². The first-order chi connectivity index (χ1) is 10.0. The number of rotatable bonds is 10. The molecule has 0 atom stereocenters. The molecule has 1 aromatic heterocycles. The van der Waals surface area contributed by atoms with Crippen LogP contribution in [0.3, 0.4) is 0 Å². The van der Waals surface area contributed by atoms with Gasteiger partial charge in [-0.3, -0.25) is 10.1 Å². The zero-order valence-corrected chi connectivity index (χ0v) is 13.4. The smallest absolute Gasteiger partial charge is 0.274 e. The van der Waals surface area contributed by atoms with Gasteiger partial charge in [-0.15, -0.1) is 0 Å². The predicted octanol–water partition coefficient (Wildman–Crippen LogP) is 1.71. The minimum absolute atomic E-state index is 0.413. The number of nitrogens with one attached hydrogen (secondary N) is 2. The summed E-state index contributed by atoms with van der Waals surface area (Å²) in [6, 6.07) is 3.96. The number of nitro groups is 1. The summed E-state index contributed by atoms with van der Waals surface area (Å²) in [6.45, 7) is 1.46. The summed E-state index contributed by atoms with van der Waals surface area (Å²) < 4.78 is 5.68. The monoisotopic (exact) mass is 314 g/mol. The molecule has 21 heavy (non-hydrogen) atoms. The van der Waals surface area contributed by atoms with Gasteiger partial charge in [-0.2, -0.15) is 0 Å². The Balaban J connectivity index is 2.22. The lowest BCUT2D eigenvalue weighted by molar-refractivity contribution is -0.404. The van der Waals surface area contributed by atoms with E-state index in [-0.39, 0.29) is 0 Å². The second kappa shape index (κ2) is 9.30. The number of hydrogen-bond donors (Lipinski definition) is 2. The normalized spacial score (nSPS) is 11.7. The summed E-state index contributed by atoms with van der Waals surface area (Å²) >= 11 is 1.64. The molecule has 0 saturated carbocycles. The van der Waals surface area contributed by atoms with Gasteiger partial charge < -0.3 is 20.0 Å². The highest BCUT2D eigenvalue weighted by Gasteiger charge is 2.04. The van der Waals surface area contributed by atoms with E-state index in [1.807, 2.05) is 26.2 Å². The van der Waals surface area contributed by atoms with E-state index in [1.165, 1.54) is 0 Å². The quantitative estimate of drug-likeness (QED) is 0.294. The minimum atomic E-state index is -0.483. The van der Waals surface area contributed by atoms with Crippen molar-refractivity contribution in [2.24, 2.45) is 0 Å². The molecule has 0 spiro atoms. The van der Waals surface area contributed by atoms with Crippen LogP contribution in [0.1, 0.15) is 12.2 Å². The summed E-state index contributed by atoms with van der Waals surface area (Å²) in [4.78, 5) is 11.9. The Bertz CT molecular complexity index is 474. The largest absolute Gasteiger partial charge is 0.454 e. The summed E-state index contributed by atoms with van der Waals surface area (Å²) in [6.07, 6.45) is 1.80. The third kappa shape index (κ3) is 7.62. The van der Waals surface area contributed by atoms with Crippen LogP contribution < -0.4 is 10.6 Å². The Labute approximate surface area is 128 Å². The van der Waals surface area contributed by atoms with E-state index in [2.05, 4.69) is 15.5 Å². The van der Waals surface area contributed by atoms with Crippen molar-refractivity contribution in [3.63, 3.8) is 0 Å². The lowest BCUT2D eigenvalue weighted by Crippen LogP contribution is -2.25. The molecule has 1 heterocycles. The van der Waals surface area contributed by atoms with Gasteiger partial charge >= 0.3 is 0 Å². The van der Waals surface area contributed by atoms with Crippen molar-refractivity contribution in [2.75, 3.05) is 33.4 Å². The molecule has 0 unspecified atom stereocenters. The lowest BCUT2D eigenvalue weighted by atomic mass is 10.4. The molecule has 0 bridgehead atoms. The Hall–Kier alpha value is -1.67. The van der Waals surface area contributed by atoms with Crippen LogP contribution in [0, 0.1) is 10.1 Å². The van der Waals surface area contributed by atoms with Crippen molar-refractivity contribution in [1.29, 1.82) is 0 Å². The maximum Gasteiger partial charge on any atom is 0.274 e. The minimum Gasteiger partial charge on any atom is -0.454 e. The average molecular weight is 314 g/mol. The molecule has 0 aliphatic carbocycles. The molecule has 8 heteroatoms. The molecule has 0 saturated heterocycles. The van der Waals surface area contributed by atoms with E-state index in [9.17, 15) is 10.1 Å². The first-order valence-corrected chi connectivity index (χ1v) is 7.63. The molecule has 1 rings (SSSR count). The SMILES string of the molecule is CNC(=C[N+](=O)[O-])NCCCSc1ccc(CN(C)C)o1. The highest BCUT2D eigenvalue weighted by atomic mass is 32.2. The van der Waals surface area contributed by atoms with Crippen LogP contribution in [0.4, 0.5) is 0 Å². The van der Waals surface area contributed by atoms with Gasteiger partial charge in [0.25, 0.3) is 6.20 Å². The molecular formula is C13H22N4O3S. The van der Waals surface area contributed by atoms with Crippen molar-refractivity contribution in [3.05, 3.63) is 40.0 Å². The molecule has 0 aromatic carbocycles. The molecule has 0 aliphatic rings. The number of hydrogen-bond acceptors (Lipinski definition) is 7. The van der Waals surface area contributed by atoms with Crippen molar-refractivity contribution in [1.82, 2.24) is 15.5 Å². The highest BCUT2D eigenvalue weighted by molar-refractivity contribution is 7.99. The van der Waals surface area contributed by atoms with Crippen LogP contribution in [0.25, 0.3) is 0 Å². The second-order valence-corrected chi connectivity index (χ2v) is 5.76. The van der Waals surface area contributed by atoms with Crippen LogP contribution in [0.2, 0.25) is 0 Å². The molecule has 118 valence electrons. The van der Waals surface area contributed by atoms with Gasteiger partial charge in [0.2, 0.25) is 0 Å². The first kappa shape index (κ1) is 17.4. The zero-order chi connectivity index (χ0) is 15.7. The fourth-order valence-electron chi connectivity index (χ4n) is 1.60. The number of furan rings is 1. The van der Waals surface area contributed by atoms with Crippen molar-refractivity contribution in [3.8, 4) is 0 Å². The molecule has 0 radical (unpaired) electrons. The topological polar surface area (TPSA) is 83.6 Å². The maximum atomic E-state index is 10.4. The van der Waals surface area contributed by atoms with Crippen LogP contribution in [-0.2, 0) is 6.54 Å². The molecule has 0 fully saturated rings. The van der Waals surface area contributed by atoms with E-state index in [0.29, 0.717) is 12.4 Å². The van der Waals surface area contributed by atoms with E-state index < -0.39 is 4.92 Å². The third-order valence-corrected chi connectivity index (χ3v) is 3.49. The molecule has 2 N–H and O–H groups in total. The maximum absolute atomic E-state index is 10.4. The first-order valence-electron chi connectivity index (χ1n) is 6.64. The van der Waals surface area contributed by atoms with Gasteiger partial charge in [-0.05, 0) is 32.6 Å². The van der Waals surface area contributed by atoms with Crippen LogP contribution in [0.15, 0.2) is 33.7 Å². The van der Waals surface area contributed by atoms with Gasteiger partial charge in [0.05, 0.1) is 11.5 Å². The molecular weight excluding hydrogens is 292 g/mol. The lowest BCUT2D eigenvalue weighted by Gasteiger charge is -2.07. The highest BCUT2D eigenvalue weighted by Crippen LogP contribution is 2.22. The number of nitrogens with zero attached hydrogens (tertiary/aromatic N) is 2. The van der Waals surface area contributed by atoms with E-state index in [4.69, 9.17) is 4.42 Å². The number of thioether (sulfide) groups is 1. The second-order valence-electron chi connectivity index (χ2n) is 4.67. The summed E-state index contributed by atoms with van der Waals surface area (Å²) in [5.41, 5.74) is 0. The molecule has 1 aromatic rings. The molecule has 0 aliphatic heterocycles. The van der Waals surface area contributed by atoms with Gasteiger partial charge in [-0.1, -0.05) is 11.8 Å². The van der Waals surface area contributed by atoms with Crippen molar-refractivity contribution < 1.29 is 9.34 Å². The molecule has 7 nitrogen and oxygen atoms in total. The van der Waals surface area contributed by atoms with E-state index in [1.54, 1.807) is 18.8 Å². The van der Waals surface area contributed by atoms with E-state index in [0.717, 1.165) is 35.8 Å². The van der Waals surface area contributed by atoms with Crippen molar-refractivity contribution in [2.45, 2.75) is 18.1 Å². The van der Waals surface area contributed by atoms with Gasteiger partial charge in [0.1, 0.15) is 5.76 Å². The van der Waals surface area contributed by atoms with Crippen LogP contribution in [0.5, 0.6) is 0 Å². The van der Waals surface area contributed by atoms with Gasteiger partial charge in [0.15, 0.2) is 10.9 Å². The van der Waals surface area contributed by atoms with Gasteiger partial charge in [0, 0.05) is 19.3 Å². The van der Waals surface area contributed by atoms with Crippen LogP contribution >= 0.6 is 11.8 Å². The Kier molecular flexibility index (Phi) is 7.70. The summed E-state index contributed by atoms with van der Waals surface area (Å²) in [5, 5.41) is 17.0. The summed E-state index contributed by atoms with van der Waals surface area (Å²) in [7, 11) is 5.64. The Morgan fingerprint density at radius 3 is 2.90 bits per heavy atom. The van der Waals surface area contributed by atoms with E-state index >= 15 is 0 Å². The van der Waals surface area contributed by atoms with Gasteiger partial charge in [-0.25, -0.2) is 0 Å².